The van der Waals surface area contributed by atoms with Gasteiger partial charge in [-0.1, -0.05) is 0 Å². The van der Waals surface area contributed by atoms with Crippen LogP contribution >= 0.6 is 10.7 Å². The summed E-state index contributed by atoms with van der Waals surface area (Å²) in [4.78, 5) is 10.7. The van der Waals surface area contributed by atoms with Crippen molar-refractivity contribution in [3.05, 3.63) is 29.6 Å². The number of alkyl halides is 3. The van der Waals surface area contributed by atoms with Gasteiger partial charge in [-0.3, -0.25) is 4.79 Å². The van der Waals surface area contributed by atoms with E-state index in [-0.39, 0.29) is 18.5 Å². The molecule has 0 unspecified atom stereocenters. The lowest BCUT2D eigenvalue weighted by molar-refractivity contribution is -0.135. The van der Waals surface area contributed by atoms with Gasteiger partial charge in [-0.2, -0.15) is 13.2 Å². The summed E-state index contributed by atoms with van der Waals surface area (Å²) in [5.41, 5.74) is -0.220. The van der Waals surface area contributed by atoms with Crippen LogP contribution in [0.3, 0.4) is 0 Å². The molecule has 0 aliphatic rings. The molecule has 1 rings (SSSR count). The van der Waals surface area contributed by atoms with Crippen LogP contribution in [0.5, 0.6) is 0 Å². The Morgan fingerprint density at radius 3 is 2.43 bits per heavy atom. The van der Waals surface area contributed by atoms with Crippen LogP contribution in [0.4, 0.5) is 17.6 Å². The van der Waals surface area contributed by atoms with E-state index in [1.807, 2.05) is 0 Å². The highest BCUT2D eigenvalue weighted by atomic mass is 35.7. The number of benzene rings is 1. The number of amides is 1. The Kier molecular flexibility index (Phi) is 5.57. The van der Waals surface area contributed by atoms with Crippen LogP contribution in [0.2, 0.25) is 0 Å². The van der Waals surface area contributed by atoms with Gasteiger partial charge in [0, 0.05) is 29.2 Å². The van der Waals surface area contributed by atoms with Crippen molar-refractivity contribution < 1.29 is 30.8 Å². The molecule has 21 heavy (non-hydrogen) atoms. The number of halogens is 5. The second-order valence-corrected chi connectivity index (χ2v) is 6.59. The van der Waals surface area contributed by atoms with E-state index >= 15 is 0 Å². The summed E-state index contributed by atoms with van der Waals surface area (Å²) in [6, 6.07) is 2.46. The van der Waals surface area contributed by atoms with E-state index in [1.54, 1.807) is 0 Å². The van der Waals surface area contributed by atoms with Gasteiger partial charge >= 0.3 is 6.18 Å². The Labute approximate surface area is 122 Å². The molecule has 1 aromatic rings. The molecule has 1 N–H and O–H groups in total. The Morgan fingerprint density at radius 1 is 1.29 bits per heavy atom. The number of nitrogens with one attached hydrogen (secondary N) is 1. The minimum Gasteiger partial charge on any atom is -0.352 e. The molecule has 0 radical (unpaired) electrons. The number of carbonyl (C=O) groups is 1. The monoisotopic (exact) mass is 347 g/mol. The van der Waals surface area contributed by atoms with E-state index in [4.69, 9.17) is 10.7 Å². The van der Waals surface area contributed by atoms with E-state index < -0.39 is 38.3 Å². The number of rotatable bonds is 5. The van der Waals surface area contributed by atoms with Crippen molar-refractivity contribution in [2.45, 2.75) is 23.9 Å². The average Bonchev–Trinajstić information content (AvgIpc) is 2.32. The maximum atomic E-state index is 13.2. The third-order valence-electron chi connectivity index (χ3n) is 2.38. The Morgan fingerprint density at radius 2 is 1.90 bits per heavy atom. The molecule has 1 amide bonds. The Balaban J connectivity index is 2.72. The van der Waals surface area contributed by atoms with Crippen LogP contribution in [-0.2, 0) is 9.05 Å². The predicted molar refractivity (Wildman–Crippen MR) is 67.1 cm³/mol. The van der Waals surface area contributed by atoms with Gasteiger partial charge in [0.15, 0.2) is 0 Å². The Hall–Kier alpha value is -1.35. The van der Waals surface area contributed by atoms with E-state index in [0.717, 1.165) is 18.2 Å². The van der Waals surface area contributed by atoms with Crippen LogP contribution in [-0.4, -0.2) is 27.0 Å². The van der Waals surface area contributed by atoms with Gasteiger partial charge in [0.2, 0.25) is 0 Å². The van der Waals surface area contributed by atoms with E-state index in [9.17, 15) is 30.8 Å². The highest BCUT2D eigenvalue weighted by molar-refractivity contribution is 8.13. The first-order chi connectivity index (χ1) is 9.50. The van der Waals surface area contributed by atoms with Gasteiger partial charge < -0.3 is 5.32 Å². The number of hydrogen-bond donors (Lipinski definition) is 1. The van der Waals surface area contributed by atoms with Crippen molar-refractivity contribution in [2.75, 3.05) is 6.54 Å². The molecule has 0 aromatic heterocycles. The van der Waals surface area contributed by atoms with Gasteiger partial charge in [-0.15, -0.1) is 0 Å². The highest BCUT2D eigenvalue weighted by Crippen LogP contribution is 2.21. The van der Waals surface area contributed by atoms with Gasteiger partial charge in [-0.05, 0) is 24.6 Å². The molecule has 0 saturated heterocycles. The van der Waals surface area contributed by atoms with Crippen molar-refractivity contribution >= 4 is 25.6 Å². The summed E-state index contributed by atoms with van der Waals surface area (Å²) in [7, 11) is 0.627. The zero-order valence-electron chi connectivity index (χ0n) is 10.4. The first-order valence-corrected chi connectivity index (χ1v) is 7.91. The zero-order chi connectivity index (χ0) is 16.3. The largest absolute Gasteiger partial charge is 0.389 e. The van der Waals surface area contributed by atoms with Gasteiger partial charge in [-0.25, -0.2) is 12.8 Å². The van der Waals surface area contributed by atoms with Crippen LogP contribution in [0.25, 0.3) is 0 Å². The molecule has 0 aliphatic heterocycles. The molecule has 0 fully saturated rings. The first-order valence-electron chi connectivity index (χ1n) is 5.60. The van der Waals surface area contributed by atoms with Crippen molar-refractivity contribution in [2.24, 2.45) is 0 Å². The van der Waals surface area contributed by atoms with Crippen LogP contribution in [0.15, 0.2) is 23.1 Å². The molecule has 0 atom stereocenters. The van der Waals surface area contributed by atoms with E-state index in [0.29, 0.717) is 0 Å². The molecule has 118 valence electrons. The summed E-state index contributed by atoms with van der Waals surface area (Å²) >= 11 is 0. The molecular weight excluding hydrogens is 338 g/mol. The predicted octanol–water partition coefficient (Wildman–Crippen LogP) is 2.83. The summed E-state index contributed by atoms with van der Waals surface area (Å²) in [5, 5.41) is 2.17. The smallest absolute Gasteiger partial charge is 0.352 e. The fourth-order valence-corrected chi connectivity index (χ4v) is 2.35. The molecule has 0 spiro atoms. The lowest BCUT2D eigenvalue weighted by atomic mass is 10.2. The minimum atomic E-state index is -4.37. The normalized spacial score (nSPS) is 12.2. The van der Waals surface area contributed by atoms with Crippen LogP contribution in [0, 0.1) is 5.82 Å². The average molecular weight is 348 g/mol. The molecule has 1 aromatic carbocycles. The minimum absolute atomic E-state index is 0.220. The lowest BCUT2D eigenvalue weighted by Crippen LogP contribution is -2.25. The second kappa shape index (κ2) is 6.61. The zero-order valence-corrected chi connectivity index (χ0v) is 11.9. The summed E-state index contributed by atoms with van der Waals surface area (Å²) in [6.45, 7) is -0.251. The SMILES string of the molecule is O=C(NCCCC(F)(F)F)c1ccc(F)c(S(=O)(=O)Cl)c1. The maximum Gasteiger partial charge on any atom is 0.389 e. The molecule has 0 bridgehead atoms. The number of carbonyl (C=O) groups excluding carboxylic acids is 1. The van der Waals surface area contributed by atoms with Crippen LogP contribution in [0.1, 0.15) is 23.2 Å². The third-order valence-corrected chi connectivity index (χ3v) is 3.72. The third kappa shape index (κ3) is 5.88. The van der Waals surface area contributed by atoms with Crippen LogP contribution < -0.4 is 5.32 Å². The van der Waals surface area contributed by atoms with Crippen molar-refractivity contribution in [1.82, 2.24) is 5.32 Å². The van der Waals surface area contributed by atoms with Crippen molar-refractivity contribution in [1.29, 1.82) is 0 Å². The highest BCUT2D eigenvalue weighted by Gasteiger charge is 2.26. The number of hydrogen-bond acceptors (Lipinski definition) is 3. The lowest BCUT2D eigenvalue weighted by Gasteiger charge is -2.08. The molecule has 0 heterocycles. The van der Waals surface area contributed by atoms with Crippen molar-refractivity contribution in [3.8, 4) is 0 Å². The summed E-state index contributed by atoms with van der Waals surface area (Å²) in [5.74, 6) is -1.95. The topological polar surface area (TPSA) is 63.2 Å². The second-order valence-electron chi connectivity index (χ2n) is 4.06. The van der Waals surface area contributed by atoms with Gasteiger partial charge in [0.1, 0.15) is 10.7 Å². The fourth-order valence-electron chi connectivity index (χ4n) is 1.42. The fraction of sp³-hybridized carbons (Fsp3) is 0.364. The van der Waals surface area contributed by atoms with Gasteiger partial charge in [0.25, 0.3) is 15.0 Å². The molecule has 10 heteroatoms. The Bertz CT molecular complexity index is 631. The quantitative estimate of drug-likeness (QED) is 0.506. The summed E-state index contributed by atoms with van der Waals surface area (Å²) < 4.78 is 71.1. The molecule has 0 saturated carbocycles. The van der Waals surface area contributed by atoms with Crippen molar-refractivity contribution in [3.63, 3.8) is 0 Å². The molecular formula is C11H10ClF4NO3S. The first kappa shape index (κ1) is 17.7. The van der Waals surface area contributed by atoms with Gasteiger partial charge in [0.05, 0.1) is 0 Å². The summed E-state index contributed by atoms with van der Waals surface area (Å²) in [6.07, 6.45) is -5.70. The molecule has 4 nitrogen and oxygen atoms in total. The maximum absolute atomic E-state index is 13.2. The van der Waals surface area contributed by atoms with E-state index in [2.05, 4.69) is 5.32 Å². The molecule has 0 aliphatic carbocycles. The van der Waals surface area contributed by atoms with E-state index in [1.165, 1.54) is 0 Å². The standard InChI is InChI=1S/C11H10ClF4NO3S/c12-21(19,20)9-6-7(2-3-8(9)13)10(18)17-5-1-4-11(14,15)16/h2-3,6H,1,4-5H2,(H,17,18).